The summed E-state index contributed by atoms with van der Waals surface area (Å²) in [6, 6.07) is 8.77. The lowest BCUT2D eigenvalue weighted by Gasteiger charge is -2.25. The number of benzene rings is 1. The van der Waals surface area contributed by atoms with Crippen LogP contribution >= 0.6 is 0 Å². The van der Waals surface area contributed by atoms with Gasteiger partial charge in [-0.1, -0.05) is 45.9 Å². The van der Waals surface area contributed by atoms with Crippen molar-refractivity contribution in [3.05, 3.63) is 47.0 Å². The molecule has 112 valence electrons. The number of imidazole rings is 1. The Morgan fingerprint density at radius 3 is 2.71 bits per heavy atom. The zero-order valence-corrected chi connectivity index (χ0v) is 13.5. The van der Waals surface area contributed by atoms with Crippen LogP contribution in [0.4, 0.5) is 0 Å². The van der Waals surface area contributed by atoms with E-state index in [1.807, 2.05) is 0 Å². The molecular formula is C18H25N3. The molecule has 0 bridgehead atoms. The third-order valence-corrected chi connectivity index (χ3v) is 4.23. The number of nitrogens with zero attached hydrogens (tertiary/aromatic N) is 2. The summed E-state index contributed by atoms with van der Waals surface area (Å²) in [6.07, 6.45) is 2.02. The van der Waals surface area contributed by atoms with Crippen LogP contribution in [0, 0.1) is 0 Å². The van der Waals surface area contributed by atoms with Gasteiger partial charge in [-0.3, -0.25) is 0 Å². The molecule has 3 nitrogen and oxygen atoms in total. The first-order valence-corrected chi connectivity index (χ1v) is 7.92. The van der Waals surface area contributed by atoms with E-state index in [1.165, 1.54) is 28.5 Å². The third-order valence-electron chi connectivity index (χ3n) is 4.23. The van der Waals surface area contributed by atoms with Crippen molar-refractivity contribution >= 4 is 0 Å². The van der Waals surface area contributed by atoms with Crippen molar-refractivity contribution in [1.29, 1.82) is 0 Å². The van der Waals surface area contributed by atoms with Gasteiger partial charge in [-0.15, -0.1) is 0 Å². The van der Waals surface area contributed by atoms with Crippen LogP contribution in [0.15, 0.2) is 24.3 Å². The number of nitrogens with one attached hydrogen (secondary N) is 1. The molecule has 0 spiro atoms. The quantitative estimate of drug-likeness (QED) is 0.915. The first kappa shape index (κ1) is 14.3. The van der Waals surface area contributed by atoms with E-state index in [9.17, 15) is 0 Å². The van der Waals surface area contributed by atoms with Crippen LogP contribution in [-0.2, 0) is 24.8 Å². The molecule has 1 aliphatic rings. The molecule has 1 N–H and O–H groups in total. The number of hydrogen-bond donors (Lipinski definition) is 1. The fourth-order valence-electron chi connectivity index (χ4n) is 3.19. The second kappa shape index (κ2) is 5.30. The maximum Gasteiger partial charge on any atom is 0.113 e. The van der Waals surface area contributed by atoms with E-state index in [1.54, 1.807) is 0 Å². The molecule has 0 amide bonds. The highest BCUT2D eigenvalue weighted by Gasteiger charge is 2.24. The second-order valence-electron chi connectivity index (χ2n) is 6.80. The van der Waals surface area contributed by atoms with Crippen LogP contribution in [0.1, 0.15) is 50.5 Å². The zero-order valence-electron chi connectivity index (χ0n) is 13.5. The molecule has 0 unspecified atom stereocenters. The Bertz CT molecular complexity index is 647. The van der Waals surface area contributed by atoms with Crippen molar-refractivity contribution in [3.63, 3.8) is 0 Å². The van der Waals surface area contributed by atoms with Crippen LogP contribution in [0.2, 0.25) is 0 Å². The van der Waals surface area contributed by atoms with Gasteiger partial charge in [0, 0.05) is 31.6 Å². The Hall–Kier alpha value is -1.61. The maximum atomic E-state index is 4.87. The van der Waals surface area contributed by atoms with Gasteiger partial charge in [0.1, 0.15) is 5.82 Å². The van der Waals surface area contributed by atoms with Gasteiger partial charge in [-0.2, -0.15) is 0 Å². The van der Waals surface area contributed by atoms with Crippen LogP contribution in [0.3, 0.4) is 0 Å². The molecule has 0 saturated carbocycles. The SMILES string of the molecule is CCc1nc2c(n1-c1ccccc1C(C)(C)C)CCNC2. The van der Waals surface area contributed by atoms with E-state index >= 15 is 0 Å². The van der Waals surface area contributed by atoms with E-state index in [-0.39, 0.29) is 5.41 Å². The minimum Gasteiger partial charge on any atom is -0.311 e. The standard InChI is InChI=1S/C18H25N3/c1-5-17-20-14-12-19-11-10-16(14)21(17)15-9-7-6-8-13(15)18(2,3)4/h6-9,19H,5,10-12H2,1-4H3. The summed E-state index contributed by atoms with van der Waals surface area (Å²) in [4.78, 5) is 4.87. The summed E-state index contributed by atoms with van der Waals surface area (Å²) in [5.41, 5.74) is 5.44. The summed E-state index contributed by atoms with van der Waals surface area (Å²) in [5, 5.41) is 3.43. The summed E-state index contributed by atoms with van der Waals surface area (Å²) >= 11 is 0. The number of aryl methyl sites for hydroxylation is 1. The molecule has 2 heterocycles. The normalized spacial score (nSPS) is 15.0. The highest BCUT2D eigenvalue weighted by atomic mass is 15.1. The van der Waals surface area contributed by atoms with Crippen molar-refractivity contribution in [2.45, 2.75) is 52.5 Å². The van der Waals surface area contributed by atoms with Crippen LogP contribution in [-0.4, -0.2) is 16.1 Å². The molecule has 1 aliphatic heterocycles. The van der Waals surface area contributed by atoms with E-state index in [0.717, 1.165) is 25.9 Å². The number of hydrogen-bond acceptors (Lipinski definition) is 2. The summed E-state index contributed by atoms with van der Waals surface area (Å²) in [7, 11) is 0. The lowest BCUT2D eigenvalue weighted by atomic mass is 9.85. The predicted molar refractivity (Wildman–Crippen MR) is 87.1 cm³/mol. The molecule has 0 radical (unpaired) electrons. The van der Waals surface area contributed by atoms with E-state index in [0.29, 0.717) is 0 Å². The Kier molecular flexibility index (Phi) is 3.62. The van der Waals surface area contributed by atoms with Gasteiger partial charge in [-0.25, -0.2) is 4.98 Å². The zero-order chi connectivity index (χ0) is 15.0. The number of fused-ring (bicyclic) bond motifs is 1. The van der Waals surface area contributed by atoms with Crippen molar-refractivity contribution < 1.29 is 0 Å². The van der Waals surface area contributed by atoms with Crippen molar-refractivity contribution in [1.82, 2.24) is 14.9 Å². The molecule has 0 atom stereocenters. The Balaban J connectivity index is 2.24. The predicted octanol–water partition coefficient (Wildman–Crippen LogP) is 3.38. The number of rotatable bonds is 2. The topological polar surface area (TPSA) is 29.9 Å². The van der Waals surface area contributed by atoms with Gasteiger partial charge in [0.2, 0.25) is 0 Å². The average Bonchev–Trinajstić information content (AvgIpc) is 2.84. The van der Waals surface area contributed by atoms with Gasteiger partial charge in [0.05, 0.1) is 11.4 Å². The van der Waals surface area contributed by atoms with Crippen LogP contribution in [0.5, 0.6) is 0 Å². The van der Waals surface area contributed by atoms with Crippen LogP contribution in [0.25, 0.3) is 5.69 Å². The van der Waals surface area contributed by atoms with Gasteiger partial charge >= 0.3 is 0 Å². The molecule has 3 rings (SSSR count). The molecule has 0 fully saturated rings. The highest BCUT2D eigenvalue weighted by Crippen LogP contribution is 2.31. The van der Waals surface area contributed by atoms with Gasteiger partial charge in [0.15, 0.2) is 0 Å². The fraction of sp³-hybridized carbons (Fsp3) is 0.500. The van der Waals surface area contributed by atoms with Gasteiger partial charge in [0.25, 0.3) is 0 Å². The van der Waals surface area contributed by atoms with Crippen molar-refractivity contribution in [2.24, 2.45) is 0 Å². The first-order valence-electron chi connectivity index (χ1n) is 7.92. The fourth-order valence-corrected chi connectivity index (χ4v) is 3.19. The smallest absolute Gasteiger partial charge is 0.113 e. The van der Waals surface area contributed by atoms with Crippen molar-refractivity contribution in [3.8, 4) is 5.69 Å². The minimum atomic E-state index is 0.131. The van der Waals surface area contributed by atoms with Crippen molar-refractivity contribution in [2.75, 3.05) is 6.54 Å². The first-order chi connectivity index (χ1) is 10.0. The molecule has 2 aromatic rings. The molecule has 1 aromatic heterocycles. The maximum absolute atomic E-state index is 4.87. The molecule has 21 heavy (non-hydrogen) atoms. The summed E-state index contributed by atoms with van der Waals surface area (Å²) in [6.45, 7) is 11.0. The average molecular weight is 283 g/mol. The van der Waals surface area contributed by atoms with Gasteiger partial charge in [-0.05, 0) is 17.0 Å². The Morgan fingerprint density at radius 2 is 2.00 bits per heavy atom. The summed E-state index contributed by atoms with van der Waals surface area (Å²) < 4.78 is 2.41. The minimum absolute atomic E-state index is 0.131. The second-order valence-corrected chi connectivity index (χ2v) is 6.80. The molecule has 0 aliphatic carbocycles. The Labute approximate surface area is 127 Å². The third kappa shape index (κ3) is 2.51. The monoisotopic (exact) mass is 283 g/mol. The number of para-hydroxylation sites is 1. The van der Waals surface area contributed by atoms with Gasteiger partial charge < -0.3 is 9.88 Å². The van der Waals surface area contributed by atoms with E-state index in [4.69, 9.17) is 4.98 Å². The molecule has 0 saturated heterocycles. The molecule has 3 heteroatoms. The summed E-state index contributed by atoms with van der Waals surface area (Å²) in [5.74, 6) is 1.18. The largest absolute Gasteiger partial charge is 0.311 e. The molecular weight excluding hydrogens is 258 g/mol. The van der Waals surface area contributed by atoms with E-state index in [2.05, 4.69) is 61.8 Å². The Morgan fingerprint density at radius 1 is 1.24 bits per heavy atom. The lowest BCUT2D eigenvalue weighted by molar-refractivity contribution is 0.581. The van der Waals surface area contributed by atoms with Crippen LogP contribution < -0.4 is 5.32 Å². The lowest BCUT2D eigenvalue weighted by Crippen LogP contribution is -2.25. The molecule has 1 aromatic carbocycles. The number of aromatic nitrogens is 2. The van der Waals surface area contributed by atoms with E-state index < -0.39 is 0 Å². The highest BCUT2D eigenvalue weighted by molar-refractivity contribution is 5.48.